The lowest BCUT2D eigenvalue weighted by Crippen LogP contribution is -2.50. The van der Waals surface area contributed by atoms with Gasteiger partial charge in [0.05, 0.1) is 64.3 Å². The van der Waals surface area contributed by atoms with Gasteiger partial charge in [-0.1, -0.05) is 62.3 Å². The number of hydrogen-bond donors (Lipinski definition) is 0. The summed E-state index contributed by atoms with van der Waals surface area (Å²) in [6.07, 6.45) is 10.7. The van der Waals surface area contributed by atoms with E-state index in [0.717, 1.165) is 0 Å². The fourth-order valence-electron chi connectivity index (χ4n) is 5.57. The first-order valence-electron chi connectivity index (χ1n) is 14.7. The smallest absolute Gasteiger partial charge is 0.0783 e. The first kappa shape index (κ1) is 38.4. The number of carboxylic acids is 2. The number of quaternary nitrogens is 2. The molecule has 212 valence electrons. The number of hydrogen-bond acceptors (Lipinski definition) is 4. The minimum atomic E-state index is -1.59. The summed E-state index contributed by atoms with van der Waals surface area (Å²) in [4.78, 5) is 19.7. The van der Waals surface area contributed by atoms with Crippen LogP contribution in [0.15, 0.2) is 0 Å². The Balaban J connectivity index is -0.000000448. The highest BCUT2D eigenvalue weighted by Crippen LogP contribution is 2.13. The molecule has 0 atom stereocenters. The molecule has 0 heterocycles. The molecule has 0 spiro atoms. The normalized spacial score (nSPS) is 11.4. The van der Waals surface area contributed by atoms with Gasteiger partial charge in [0, 0.05) is 5.92 Å². The van der Waals surface area contributed by atoms with Crippen LogP contribution in [0.5, 0.6) is 0 Å². The molecular formula is C29H62N2O4. The molecule has 6 heteroatoms. The fraction of sp³-hybridized carbons (Fsp3) is 0.931. The van der Waals surface area contributed by atoms with Gasteiger partial charge < -0.3 is 28.8 Å². The Kier molecular flexibility index (Phi) is 26.9. The van der Waals surface area contributed by atoms with E-state index in [1.54, 1.807) is 0 Å². The Morgan fingerprint density at radius 3 is 0.686 bits per heavy atom. The van der Waals surface area contributed by atoms with Crippen molar-refractivity contribution in [2.75, 3.05) is 52.4 Å². The average Bonchev–Trinajstić information content (AvgIpc) is 2.76. The van der Waals surface area contributed by atoms with Crippen molar-refractivity contribution in [2.45, 2.75) is 120 Å². The van der Waals surface area contributed by atoms with E-state index >= 15 is 0 Å². The van der Waals surface area contributed by atoms with E-state index in [0.29, 0.717) is 0 Å². The number of carboxylic acid groups (broad SMARTS) is 2. The van der Waals surface area contributed by atoms with Crippen LogP contribution in [-0.4, -0.2) is 73.3 Å². The van der Waals surface area contributed by atoms with Crippen LogP contribution in [0, 0.1) is 5.92 Å². The number of aliphatic carboxylic acids is 2. The molecule has 0 aliphatic rings. The molecule has 0 saturated heterocycles. The second-order valence-corrected chi connectivity index (χ2v) is 10.1. The molecule has 0 aromatic rings. The van der Waals surface area contributed by atoms with Gasteiger partial charge in [0.25, 0.3) is 0 Å². The first-order chi connectivity index (χ1) is 16.6. The van der Waals surface area contributed by atoms with E-state index in [2.05, 4.69) is 55.4 Å². The number of carbonyl (C=O) groups is 2. The van der Waals surface area contributed by atoms with Crippen LogP contribution in [0.25, 0.3) is 0 Å². The number of rotatable bonds is 19. The SMILES string of the molecule is CCC(C(=O)[O-])C(=O)[O-].CCC[N+](CCC)(CCC)CCC.CCC[N+](CCC)(CCC)CCC. The molecule has 0 amide bonds. The molecule has 0 aromatic carbocycles. The zero-order valence-corrected chi connectivity index (χ0v) is 25.1. The Labute approximate surface area is 219 Å². The predicted octanol–water partition coefficient (Wildman–Crippen LogP) is 4.40. The Morgan fingerprint density at radius 2 is 0.629 bits per heavy atom. The minimum absolute atomic E-state index is 0.00463. The first-order valence-corrected chi connectivity index (χ1v) is 14.7. The second kappa shape index (κ2) is 24.5. The molecule has 0 N–H and O–H groups in total. The highest BCUT2D eigenvalue weighted by Gasteiger charge is 2.23. The van der Waals surface area contributed by atoms with Crippen LogP contribution in [0.3, 0.4) is 0 Å². The topological polar surface area (TPSA) is 80.3 Å². The van der Waals surface area contributed by atoms with Crippen LogP contribution in [0.1, 0.15) is 120 Å². The third-order valence-electron chi connectivity index (χ3n) is 6.56. The quantitative estimate of drug-likeness (QED) is 0.194. The molecule has 0 unspecified atom stereocenters. The van der Waals surface area contributed by atoms with Crippen molar-refractivity contribution in [3.8, 4) is 0 Å². The molecule has 0 aromatic heterocycles. The summed E-state index contributed by atoms with van der Waals surface area (Å²) in [7, 11) is 0. The molecule has 0 fully saturated rings. The summed E-state index contributed by atoms with van der Waals surface area (Å²) in [5, 5.41) is 19.7. The summed E-state index contributed by atoms with van der Waals surface area (Å²) in [5.74, 6) is -4.64. The molecule has 6 nitrogen and oxygen atoms in total. The largest absolute Gasteiger partial charge is 0.549 e. The van der Waals surface area contributed by atoms with Crippen LogP contribution >= 0.6 is 0 Å². The average molecular weight is 503 g/mol. The summed E-state index contributed by atoms with van der Waals surface area (Å²) in [6, 6.07) is 0. The number of carbonyl (C=O) groups excluding carboxylic acids is 2. The van der Waals surface area contributed by atoms with Gasteiger partial charge >= 0.3 is 0 Å². The minimum Gasteiger partial charge on any atom is -0.549 e. The van der Waals surface area contributed by atoms with Crippen molar-refractivity contribution in [1.82, 2.24) is 0 Å². The van der Waals surface area contributed by atoms with Crippen LogP contribution in [-0.2, 0) is 9.59 Å². The Hall–Kier alpha value is -1.14. The van der Waals surface area contributed by atoms with Crippen LogP contribution < -0.4 is 10.2 Å². The zero-order valence-electron chi connectivity index (χ0n) is 25.1. The van der Waals surface area contributed by atoms with Gasteiger partial charge in [-0.2, -0.15) is 0 Å². The number of nitrogens with zero attached hydrogens (tertiary/aromatic N) is 2. The van der Waals surface area contributed by atoms with E-state index < -0.39 is 17.9 Å². The standard InChI is InChI=1S/2C12H28N.C5H8O4/c2*1-5-9-13(10-6-2,11-7-3)12-8-4;1-2-3(4(6)7)5(8)9/h2*5-12H2,1-4H3;3H,2H2,1H3,(H,6,7)(H,8,9)/q2*+1;/p-2. The van der Waals surface area contributed by atoms with E-state index in [4.69, 9.17) is 0 Å². The van der Waals surface area contributed by atoms with Gasteiger partial charge in [-0.25, -0.2) is 0 Å². The summed E-state index contributed by atoms with van der Waals surface area (Å²) >= 11 is 0. The summed E-state index contributed by atoms with van der Waals surface area (Å²) < 4.78 is 2.75. The van der Waals surface area contributed by atoms with E-state index in [-0.39, 0.29) is 6.42 Å². The maximum Gasteiger partial charge on any atom is 0.0783 e. The summed E-state index contributed by atoms with van der Waals surface area (Å²) in [6.45, 7) is 31.0. The van der Waals surface area contributed by atoms with Crippen LogP contribution in [0.2, 0.25) is 0 Å². The van der Waals surface area contributed by atoms with Gasteiger partial charge in [-0.3, -0.25) is 0 Å². The van der Waals surface area contributed by atoms with Crippen molar-refractivity contribution in [2.24, 2.45) is 5.92 Å². The molecule has 0 aliphatic heterocycles. The van der Waals surface area contributed by atoms with Gasteiger partial charge in [-0.05, 0) is 57.8 Å². The lowest BCUT2D eigenvalue weighted by atomic mass is 10.1. The second-order valence-electron chi connectivity index (χ2n) is 10.1. The van der Waals surface area contributed by atoms with Crippen molar-refractivity contribution in [3.05, 3.63) is 0 Å². The lowest BCUT2D eigenvalue weighted by molar-refractivity contribution is -0.928. The molecular weight excluding hydrogens is 440 g/mol. The molecule has 0 radical (unpaired) electrons. The Morgan fingerprint density at radius 1 is 0.457 bits per heavy atom. The third-order valence-corrected chi connectivity index (χ3v) is 6.56. The monoisotopic (exact) mass is 502 g/mol. The van der Waals surface area contributed by atoms with Crippen molar-refractivity contribution in [1.29, 1.82) is 0 Å². The predicted molar refractivity (Wildman–Crippen MR) is 146 cm³/mol. The van der Waals surface area contributed by atoms with E-state index in [1.165, 1.54) is 120 Å². The van der Waals surface area contributed by atoms with Crippen molar-refractivity contribution in [3.63, 3.8) is 0 Å². The molecule has 35 heavy (non-hydrogen) atoms. The highest BCUT2D eigenvalue weighted by atomic mass is 16.4. The summed E-state index contributed by atoms with van der Waals surface area (Å²) in [5.41, 5.74) is 0. The molecule has 0 saturated carbocycles. The third kappa shape index (κ3) is 18.7. The molecule has 0 bridgehead atoms. The lowest BCUT2D eigenvalue weighted by Gasteiger charge is -2.38. The van der Waals surface area contributed by atoms with E-state index in [9.17, 15) is 19.8 Å². The maximum absolute atomic E-state index is 9.84. The van der Waals surface area contributed by atoms with Crippen molar-refractivity contribution >= 4 is 11.9 Å². The van der Waals surface area contributed by atoms with Gasteiger partial charge in [-0.15, -0.1) is 0 Å². The van der Waals surface area contributed by atoms with Gasteiger partial charge in [0.1, 0.15) is 0 Å². The fourth-order valence-corrected chi connectivity index (χ4v) is 5.57. The maximum atomic E-state index is 9.84. The van der Waals surface area contributed by atoms with Crippen LogP contribution in [0.4, 0.5) is 0 Å². The van der Waals surface area contributed by atoms with Gasteiger partial charge in [0.15, 0.2) is 0 Å². The van der Waals surface area contributed by atoms with Gasteiger partial charge in [0.2, 0.25) is 0 Å². The highest BCUT2D eigenvalue weighted by molar-refractivity contribution is 5.90. The molecule has 0 rings (SSSR count). The molecule has 0 aliphatic carbocycles. The zero-order chi connectivity index (χ0) is 27.8. The van der Waals surface area contributed by atoms with E-state index in [1.807, 2.05) is 0 Å². The Bertz CT molecular complexity index is 396. The van der Waals surface area contributed by atoms with Crippen molar-refractivity contribution < 1.29 is 28.8 Å².